The first kappa shape index (κ1) is 21.4. The van der Waals surface area contributed by atoms with E-state index in [0.717, 1.165) is 28.5 Å². The molecule has 0 saturated carbocycles. The molecular weight excluding hydrogens is 408 g/mol. The Balaban J connectivity index is 1.38. The minimum Gasteiger partial charge on any atom is -0.379 e. The molecule has 0 radical (unpaired) electrons. The molecule has 1 aliphatic heterocycles. The van der Waals surface area contributed by atoms with Gasteiger partial charge in [0.05, 0.1) is 24.6 Å². The summed E-state index contributed by atoms with van der Waals surface area (Å²) in [7, 11) is 0. The van der Waals surface area contributed by atoms with Crippen molar-refractivity contribution in [2.24, 2.45) is 5.92 Å². The number of carbonyl (C=O) groups excluding carboxylic acids is 1. The molecule has 1 unspecified atom stereocenters. The second kappa shape index (κ2) is 9.97. The lowest BCUT2D eigenvalue weighted by Crippen LogP contribution is -2.39. The van der Waals surface area contributed by atoms with Gasteiger partial charge in [0.25, 0.3) is 0 Å². The Morgan fingerprint density at radius 3 is 2.39 bits per heavy atom. The van der Waals surface area contributed by atoms with Crippen LogP contribution in [0, 0.1) is 5.92 Å². The molecule has 0 spiro atoms. The molecule has 1 amide bonds. The highest BCUT2D eigenvalue weighted by Crippen LogP contribution is 2.28. The number of pyridine rings is 1. The highest BCUT2D eigenvalue weighted by Gasteiger charge is 2.30. The van der Waals surface area contributed by atoms with Crippen molar-refractivity contribution in [1.29, 1.82) is 0 Å². The zero-order valence-electron chi connectivity index (χ0n) is 18.6. The van der Waals surface area contributed by atoms with Gasteiger partial charge in [-0.3, -0.25) is 9.78 Å². The van der Waals surface area contributed by atoms with E-state index in [2.05, 4.69) is 29.2 Å². The first-order valence-corrected chi connectivity index (χ1v) is 11.6. The molecule has 1 atom stereocenters. The van der Waals surface area contributed by atoms with Gasteiger partial charge < -0.3 is 9.64 Å². The Bertz CT molecular complexity index is 1170. The van der Waals surface area contributed by atoms with Crippen LogP contribution >= 0.6 is 0 Å². The van der Waals surface area contributed by atoms with Crippen molar-refractivity contribution in [3.63, 3.8) is 0 Å². The van der Waals surface area contributed by atoms with E-state index in [-0.39, 0.29) is 17.7 Å². The van der Waals surface area contributed by atoms with Crippen LogP contribution in [0.3, 0.4) is 0 Å². The van der Waals surface area contributed by atoms with Crippen molar-refractivity contribution in [1.82, 2.24) is 9.88 Å². The van der Waals surface area contributed by atoms with E-state index in [1.165, 1.54) is 5.56 Å². The molecule has 4 aromatic rings. The fraction of sp³-hybridized carbons (Fsp3) is 0.241. The number of hydrogen-bond acceptors (Lipinski definition) is 3. The van der Waals surface area contributed by atoms with Gasteiger partial charge in [-0.2, -0.15) is 0 Å². The van der Waals surface area contributed by atoms with E-state index in [1.54, 1.807) is 0 Å². The quantitative estimate of drug-likeness (QED) is 0.438. The van der Waals surface area contributed by atoms with Gasteiger partial charge >= 0.3 is 0 Å². The van der Waals surface area contributed by atoms with Gasteiger partial charge in [0.15, 0.2) is 0 Å². The smallest absolute Gasteiger partial charge is 0.234 e. The average molecular weight is 437 g/mol. The maximum atomic E-state index is 13.9. The zero-order chi connectivity index (χ0) is 22.5. The molecule has 0 bridgehead atoms. The summed E-state index contributed by atoms with van der Waals surface area (Å²) < 4.78 is 5.93. The van der Waals surface area contributed by atoms with Crippen molar-refractivity contribution in [3.8, 4) is 0 Å². The molecule has 4 heteroatoms. The van der Waals surface area contributed by atoms with Gasteiger partial charge in [0.2, 0.25) is 5.91 Å². The molecule has 33 heavy (non-hydrogen) atoms. The third-order valence-electron chi connectivity index (χ3n) is 6.35. The minimum atomic E-state index is -0.308. The number of benzene rings is 3. The van der Waals surface area contributed by atoms with Crippen LogP contribution in [0.4, 0.5) is 0 Å². The Morgan fingerprint density at radius 1 is 0.939 bits per heavy atom. The molecule has 4 nitrogen and oxygen atoms in total. The van der Waals surface area contributed by atoms with Crippen LogP contribution in [0.1, 0.15) is 22.6 Å². The summed E-state index contributed by atoms with van der Waals surface area (Å²) in [4.78, 5) is 20.3. The number of fused-ring (bicyclic) bond motifs is 1. The summed E-state index contributed by atoms with van der Waals surface area (Å²) in [5, 5.41) is 1.14. The third-order valence-corrected chi connectivity index (χ3v) is 6.35. The van der Waals surface area contributed by atoms with E-state index in [1.807, 2.05) is 77.8 Å². The molecule has 0 N–H and O–H groups in total. The highest BCUT2D eigenvalue weighted by molar-refractivity contribution is 5.87. The van der Waals surface area contributed by atoms with Gasteiger partial charge in [-0.05, 0) is 41.3 Å². The lowest BCUT2D eigenvalue weighted by Gasteiger charge is -2.28. The van der Waals surface area contributed by atoms with E-state index in [9.17, 15) is 4.79 Å². The summed E-state index contributed by atoms with van der Waals surface area (Å²) >= 11 is 0. The van der Waals surface area contributed by atoms with Gasteiger partial charge in [0.1, 0.15) is 0 Å². The second-order valence-electron chi connectivity index (χ2n) is 8.71. The van der Waals surface area contributed by atoms with Gasteiger partial charge in [-0.1, -0.05) is 72.8 Å². The summed E-state index contributed by atoms with van der Waals surface area (Å²) in [6.45, 7) is 2.55. The van der Waals surface area contributed by atoms with Crippen LogP contribution in [0.5, 0.6) is 0 Å². The Hall–Kier alpha value is -3.50. The molecule has 166 valence electrons. The van der Waals surface area contributed by atoms with Gasteiger partial charge in [-0.15, -0.1) is 0 Å². The van der Waals surface area contributed by atoms with E-state index >= 15 is 0 Å². The summed E-state index contributed by atoms with van der Waals surface area (Å²) in [6.07, 6.45) is 2.69. The highest BCUT2D eigenvalue weighted by atomic mass is 16.5. The normalized spacial score (nSPS) is 16.6. The van der Waals surface area contributed by atoms with Crippen LogP contribution in [0.25, 0.3) is 10.9 Å². The number of carbonyl (C=O) groups is 1. The van der Waals surface area contributed by atoms with Crippen molar-refractivity contribution >= 4 is 16.8 Å². The van der Waals surface area contributed by atoms with Crippen LogP contribution in [0.15, 0.2) is 97.2 Å². The molecule has 1 fully saturated rings. The molecule has 0 aliphatic carbocycles. The van der Waals surface area contributed by atoms with Crippen LogP contribution in [0.2, 0.25) is 0 Å². The molecule has 1 saturated heterocycles. The van der Waals surface area contributed by atoms with Crippen LogP contribution in [-0.2, 0) is 16.0 Å². The number of ether oxygens (including phenoxy) is 1. The predicted octanol–water partition coefficient (Wildman–Crippen LogP) is 5.08. The number of nitrogens with zero attached hydrogens (tertiary/aromatic N) is 2. The predicted molar refractivity (Wildman–Crippen MR) is 131 cm³/mol. The monoisotopic (exact) mass is 436 g/mol. The second-order valence-corrected chi connectivity index (χ2v) is 8.71. The maximum Gasteiger partial charge on any atom is 0.234 e. The summed E-state index contributed by atoms with van der Waals surface area (Å²) in [5.74, 6) is 0.0845. The zero-order valence-corrected chi connectivity index (χ0v) is 18.6. The topological polar surface area (TPSA) is 42.4 Å². The van der Waals surface area contributed by atoms with E-state index in [0.29, 0.717) is 26.3 Å². The molecule has 1 aromatic heterocycles. The lowest BCUT2D eigenvalue weighted by atomic mass is 9.89. The van der Waals surface area contributed by atoms with Crippen molar-refractivity contribution in [3.05, 3.63) is 114 Å². The van der Waals surface area contributed by atoms with E-state index in [4.69, 9.17) is 4.74 Å². The maximum absolute atomic E-state index is 13.9. The van der Waals surface area contributed by atoms with Crippen molar-refractivity contribution in [2.75, 3.05) is 26.3 Å². The van der Waals surface area contributed by atoms with Crippen molar-refractivity contribution < 1.29 is 9.53 Å². The van der Waals surface area contributed by atoms with Crippen LogP contribution in [-0.4, -0.2) is 42.1 Å². The fourth-order valence-electron chi connectivity index (χ4n) is 4.74. The molecule has 5 rings (SSSR count). The fourth-order valence-corrected chi connectivity index (χ4v) is 4.74. The lowest BCUT2D eigenvalue weighted by molar-refractivity contribution is -0.132. The van der Waals surface area contributed by atoms with E-state index < -0.39 is 0 Å². The standard InChI is InChI=1S/C29H28N2O2/c32-29(28(24-8-3-1-4-9-24)25-10-5-2-6-11-25)31-16-17-33-21-23(20-31)18-22-13-14-27-26(19-22)12-7-15-30-27/h1-15,19,23,28H,16-18,20-21H2. The SMILES string of the molecule is O=C(C(c1ccccc1)c1ccccc1)N1CCOCC(Cc2ccc3ncccc3c2)C1. The first-order chi connectivity index (χ1) is 16.3. The molecule has 1 aliphatic rings. The average Bonchev–Trinajstić information content (AvgIpc) is 3.11. The number of rotatable bonds is 5. The number of amides is 1. The Kier molecular flexibility index (Phi) is 6.45. The van der Waals surface area contributed by atoms with Gasteiger partial charge in [0, 0.05) is 30.6 Å². The largest absolute Gasteiger partial charge is 0.379 e. The minimum absolute atomic E-state index is 0.144. The summed E-state index contributed by atoms with van der Waals surface area (Å²) in [6, 6.07) is 30.7. The first-order valence-electron chi connectivity index (χ1n) is 11.6. The summed E-state index contributed by atoms with van der Waals surface area (Å²) in [5.41, 5.74) is 4.31. The third kappa shape index (κ3) is 4.96. The van der Waals surface area contributed by atoms with Gasteiger partial charge in [-0.25, -0.2) is 0 Å². The molecular formula is C29H28N2O2. The number of hydrogen-bond donors (Lipinski definition) is 0. The number of aromatic nitrogens is 1. The molecule has 3 aromatic carbocycles. The Labute approximate surface area is 194 Å². The molecule has 2 heterocycles. The van der Waals surface area contributed by atoms with Crippen LogP contribution < -0.4 is 0 Å². The Morgan fingerprint density at radius 2 is 1.67 bits per heavy atom. The van der Waals surface area contributed by atoms with Crippen molar-refractivity contribution in [2.45, 2.75) is 12.3 Å².